The second-order valence-electron chi connectivity index (χ2n) is 4.91. The number of aromatic nitrogens is 4. The summed E-state index contributed by atoms with van der Waals surface area (Å²) in [7, 11) is 1.51. The zero-order valence-electron chi connectivity index (χ0n) is 12.8. The molecule has 0 saturated carbocycles. The Hall–Kier alpha value is -2.64. The first-order valence-electron chi connectivity index (χ1n) is 6.90. The van der Waals surface area contributed by atoms with Crippen molar-refractivity contribution in [2.75, 3.05) is 7.11 Å². The van der Waals surface area contributed by atoms with Gasteiger partial charge < -0.3 is 4.74 Å². The van der Waals surface area contributed by atoms with E-state index in [0.29, 0.717) is 21.4 Å². The summed E-state index contributed by atoms with van der Waals surface area (Å²) in [6, 6.07) is 6.79. The van der Waals surface area contributed by atoms with Crippen LogP contribution in [0.1, 0.15) is 16.8 Å². The maximum absolute atomic E-state index is 13.1. The van der Waals surface area contributed by atoms with Crippen LogP contribution in [0.25, 0.3) is 5.78 Å². The molecule has 0 aliphatic carbocycles. The molecule has 0 atom stereocenters. The van der Waals surface area contributed by atoms with Gasteiger partial charge >= 0.3 is 6.18 Å². The molecule has 2 aromatic heterocycles. The predicted octanol–water partition coefficient (Wildman–Crippen LogP) is 3.31. The van der Waals surface area contributed by atoms with Gasteiger partial charge in [-0.1, -0.05) is 11.8 Å². The van der Waals surface area contributed by atoms with Crippen LogP contribution >= 0.6 is 11.8 Å². The first-order chi connectivity index (χ1) is 11.9. The van der Waals surface area contributed by atoms with E-state index in [1.807, 2.05) is 0 Å². The van der Waals surface area contributed by atoms with Crippen LogP contribution in [0.3, 0.4) is 0 Å². The molecule has 0 N–H and O–H groups in total. The molecule has 3 rings (SSSR count). The number of fused-ring (bicyclic) bond motifs is 1. The van der Waals surface area contributed by atoms with E-state index in [9.17, 15) is 13.2 Å². The quantitative estimate of drug-likeness (QED) is 0.660. The van der Waals surface area contributed by atoms with Crippen molar-refractivity contribution in [2.24, 2.45) is 0 Å². The first kappa shape index (κ1) is 17.2. The molecule has 10 heteroatoms. The number of ether oxygens (including phenoxy) is 1. The normalized spacial score (nSPS) is 11.6. The number of hydrogen-bond donors (Lipinski definition) is 0. The van der Waals surface area contributed by atoms with E-state index in [1.165, 1.54) is 24.0 Å². The summed E-state index contributed by atoms with van der Waals surface area (Å²) < 4.78 is 45.8. The Morgan fingerprint density at radius 2 is 2.12 bits per heavy atom. The lowest BCUT2D eigenvalue weighted by molar-refractivity contribution is -0.137. The van der Waals surface area contributed by atoms with Crippen molar-refractivity contribution >= 4 is 17.5 Å². The van der Waals surface area contributed by atoms with Gasteiger partial charge in [0.25, 0.3) is 5.78 Å². The van der Waals surface area contributed by atoms with Crippen molar-refractivity contribution in [3.8, 4) is 6.07 Å². The lowest BCUT2D eigenvalue weighted by atomic mass is 10.1. The van der Waals surface area contributed by atoms with Crippen LogP contribution in [0.4, 0.5) is 13.2 Å². The molecule has 25 heavy (non-hydrogen) atoms. The third kappa shape index (κ3) is 3.57. The Balaban J connectivity index is 2.04. The molecule has 0 amide bonds. The molecular formula is C15H10F3N5OS. The van der Waals surface area contributed by atoms with Crippen molar-refractivity contribution in [2.45, 2.75) is 22.7 Å². The Kier molecular flexibility index (Phi) is 4.61. The molecule has 0 fully saturated rings. The maximum Gasteiger partial charge on any atom is 0.417 e. The van der Waals surface area contributed by atoms with Crippen LogP contribution < -0.4 is 0 Å². The van der Waals surface area contributed by atoms with E-state index < -0.39 is 17.3 Å². The number of alkyl halides is 3. The van der Waals surface area contributed by atoms with Crippen LogP contribution in [0.5, 0.6) is 0 Å². The van der Waals surface area contributed by atoms with Gasteiger partial charge in [-0.25, -0.2) is 4.98 Å². The zero-order chi connectivity index (χ0) is 18.0. The molecular weight excluding hydrogens is 355 g/mol. The number of hydrogen-bond acceptors (Lipinski definition) is 6. The Bertz CT molecular complexity index is 964. The van der Waals surface area contributed by atoms with Gasteiger partial charge in [-0.15, -0.1) is 0 Å². The van der Waals surface area contributed by atoms with Gasteiger partial charge in [-0.2, -0.15) is 33.0 Å². The number of nitriles is 1. The zero-order valence-corrected chi connectivity index (χ0v) is 13.6. The van der Waals surface area contributed by atoms with Crippen LogP contribution in [0, 0.1) is 11.3 Å². The second kappa shape index (κ2) is 6.70. The second-order valence-corrected chi connectivity index (χ2v) is 6.00. The minimum absolute atomic E-state index is 0.234. The smallest absolute Gasteiger partial charge is 0.378 e. The molecule has 0 radical (unpaired) electrons. The molecule has 0 spiro atoms. The number of benzene rings is 1. The summed E-state index contributed by atoms with van der Waals surface area (Å²) in [5, 5.41) is 13.4. The molecule has 1 aromatic carbocycles. The fraction of sp³-hybridized carbons (Fsp3) is 0.200. The third-order valence-electron chi connectivity index (χ3n) is 3.20. The summed E-state index contributed by atoms with van der Waals surface area (Å²) in [5.41, 5.74) is -0.811. The van der Waals surface area contributed by atoms with E-state index in [1.54, 1.807) is 12.1 Å². The highest BCUT2D eigenvalue weighted by molar-refractivity contribution is 7.99. The molecule has 0 bridgehead atoms. The Morgan fingerprint density at radius 1 is 1.32 bits per heavy atom. The molecule has 2 heterocycles. The van der Waals surface area contributed by atoms with Crippen molar-refractivity contribution in [1.29, 1.82) is 5.26 Å². The van der Waals surface area contributed by atoms with Crippen LogP contribution in [-0.2, 0) is 17.5 Å². The number of rotatable bonds is 4. The van der Waals surface area contributed by atoms with Gasteiger partial charge in [0, 0.05) is 12.0 Å². The fourth-order valence-electron chi connectivity index (χ4n) is 2.17. The molecule has 128 valence electrons. The average Bonchev–Trinajstić information content (AvgIpc) is 3.03. The molecule has 0 aliphatic rings. The highest BCUT2D eigenvalue weighted by atomic mass is 32.2. The Morgan fingerprint density at radius 3 is 2.80 bits per heavy atom. The maximum atomic E-state index is 13.1. The highest BCUT2D eigenvalue weighted by Crippen LogP contribution is 2.36. The minimum Gasteiger partial charge on any atom is -0.378 e. The summed E-state index contributed by atoms with van der Waals surface area (Å²) in [5.74, 6) is 0.321. The molecule has 0 unspecified atom stereocenters. The van der Waals surface area contributed by atoms with E-state index >= 15 is 0 Å². The fourth-order valence-corrected chi connectivity index (χ4v) is 3.13. The van der Waals surface area contributed by atoms with E-state index in [-0.39, 0.29) is 6.61 Å². The number of nitrogens with zero attached hydrogens (tertiary/aromatic N) is 5. The lowest BCUT2D eigenvalue weighted by Crippen LogP contribution is -2.08. The van der Waals surface area contributed by atoms with Gasteiger partial charge in [0.15, 0.2) is 0 Å². The van der Waals surface area contributed by atoms with E-state index in [0.717, 1.165) is 23.9 Å². The average molecular weight is 365 g/mol. The van der Waals surface area contributed by atoms with Gasteiger partial charge in [-0.3, -0.25) is 0 Å². The highest BCUT2D eigenvalue weighted by Gasteiger charge is 2.34. The summed E-state index contributed by atoms with van der Waals surface area (Å²) in [6.07, 6.45) is -3.30. The topological polar surface area (TPSA) is 76.1 Å². The van der Waals surface area contributed by atoms with Gasteiger partial charge in [0.1, 0.15) is 11.4 Å². The minimum atomic E-state index is -4.61. The summed E-state index contributed by atoms with van der Waals surface area (Å²) >= 11 is 1.07. The number of halogens is 3. The third-order valence-corrected chi connectivity index (χ3v) is 4.19. The van der Waals surface area contributed by atoms with Gasteiger partial charge in [0.2, 0.25) is 0 Å². The van der Waals surface area contributed by atoms with Crippen LogP contribution in [0.15, 0.2) is 40.5 Å². The molecule has 0 saturated heterocycles. The molecule has 6 nitrogen and oxygen atoms in total. The van der Waals surface area contributed by atoms with E-state index in [2.05, 4.69) is 15.1 Å². The van der Waals surface area contributed by atoms with Crippen LogP contribution in [0.2, 0.25) is 0 Å². The van der Waals surface area contributed by atoms with Crippen molar-refractivity contribution < 1.29 is 17.9 Å². The predicted molar refractivity (Wildman–Crippen MR) is 81.8 cm³/mol. The number of methoxy groups -OCH3 is 1. The van der Waals surface area contributed by atoms with Gasteiger partial charge in [-0.05, 0) is 24.3 Å². The van der Waals surface area contributed by atoms with E-state index in [4.69, 9.17) is 10.00 Å². The molecule has 0 aliphatic heterocycles. The summed E-state index contributed by atoms with van der Waals surface area (Å²) in [6.45, 7) is 0.234. The Labute approximate surface area is 144 Å². The largest absolute Gasteiger partial charge is 0.417 e. The lowest BCUT2D eigenvalue weighted by Gasteiger charge is -2.11. The first-order valence-corrected chi connectivity index (χ1v) is 7.72. The monoisotopic (exact) mass is 365 g/mol. The molecule has 3 aromatic rings. The van der Waals surface area contributed by atoms with Crippen molar-refractivity contribution in [3.63, 3.8) is 0 Å². The SMILES string of the molecule is COCc1cc(Sc2ccc(C#N)c(C(F)(F)F)c2)n2ncnc2n1. The van der Waals surface area contributed by atoms with Crippen molar-refractivity contribution in [3.05, 3.63) is 47.4 Å². The summed E-state index contributed by atoms with van der Waals surface area (Å²) in [4.78, 5) is 8.55. The van der Waals surface area contributed by atoms with Gasteiger partial charge in [0.05, 0.1) is 29.5 Å². The standard InChI is InChI=1S/C15H10F3N5OS/c1-24-7-10-4-13(23-14(22-10)20-8-21-23)25-11-3-2-9(6-19)12(5-11)15(16,17)18/h2-5,8H,7H2,1H3. The van der Waals surface area contributed by atoms with Crippen LogP contribution in [-0.4, -0.2) is 26.7 Å². The van der Waals surface area contributed by atoms with Crippen molar-refractivity contribution in [1.82, 2.24) is 19.6 Å².